The van der Waals surface area contributed by atoms with E-state index in [1.807, 2.05) is 35.0 Å². The van der Waals surface area contributed by atoms with Gasteiger partial charge in [0.15, 0.2) is 5.58 Å². The topological polar surface area (TPSA) is 43.3 Å². The summed E-state index contributed by atoms with van der Waals surface area (Å²) in [6.45, 7) is 0. The van der Waals surface area contributed by atoms with Gasteiger partial charge in [-0.1, -0.05) is 35.0 Å². The average molecular weight is 350 g/mol. The average Bonchev–Trinajstić information content (AvgIpc) is 3.07. The van der Waals surface area contributed by atoms with Crippen molar-refractivity contribution in [3.8, 4) is 0 Å². The van der Waals surface area contributed by atoms with Crippen molar-refractivity contribution in [1.82, 2.24) is 14.4 Å². The van der Waals surface area contributed by atoms with E-state index >= 15 is 0 Å². The van der Waals surface area contributed by atoms with Gasteiger partial charge < -0.3 is 8.82 Å². The molecule has 0 saturated carbocycles. The van der Waals surface area contributed by atoms with Crippen molar-refractivity contribution in [1.29, 1.82) is 0 Å². The van der Waals surface area contributed by atoms with Gasteiger partial charge in [-0.2, -0.15) is 0 Å². The van der Waals surface area contributed by atoms with Gasteiger partial charge in [0.05, 0.1) is 10.7 Å². The summed E-state index contributed by atoms with van der Waals surface area (Å²) in [6, 6.07) is 9.11. The maximum Gasteiger partial charge on any atom is 0.257 e. The van der Waals surface area contributed by atoms with Gasteiger partial charge in [0.25, 0.3) is 5.22 Å². The predicted molar refractivity (Wildman–Crippen MR) is 88.8 cm³/mol. The van der Waals surface area contributed by atoms with Crippen LogP contribution in [0.2, 0.25) is 10.0 Å². The number of nitrogens with zero attached hydrogens (tertiary/aromatic N) is 3. The molecule has 4 rings (SSSR count). The van der Waals surface area contributed by atoms with Gasteiger partial charge in [-0.15, -0.1) is 0 Å². The molecule has 3 aromatic heterocycles. The van der Waals surface area contributed by atoms with Crippen molar-refractivity contribution in [3.05, 3.63) is 58.5 Å². The number of fused-ring (bicyclic) bond motifs is 2. The highest BCUT2D eigenvalue weighted by molar-refractivity contribution is 7.98. The van der Waals surface area contributed by atoms with Crippen LogP contribution in [-0.2, 0) is 5.75 Å². The van der Waals surface area contributed by atoms with Crippen molar-refractivity contribution in [2.75, 3.05) is 0 Å². The third-order valence-electron chi connectivity index (χ3n) is 3.14. The summed E-state index contributed by atoms with van der Waals surface area (Å²) in [6.07, 6.45) is 3.78. The van der Waals surface area contributed by atoms with Gasteiger partial charge in [0, 0.05) is 23.2 Å². The molecule has 1 aromatic carbocycles. The molecule has 110 valence electrons. The Hall–Kier alpha value is -1.69. The number of aromatic nitrogens is 3. The molecular weight excluding hydrogens is 341 g/mol. The van der Waals surface area contributed by atoms with Crippen LogP contribution in [0.15, 0.2) is 52.4 Å². The van der Waals surface area contributed by atoms with E-state index in [-0.39, 0.29) is 0 Å². The number of hydrogen-bond donors (Lipinski definition) is 0. The first-order chi connectivity index (χ1) is 10.7. The zero-order valence-corrected chi connectivity index (χ0v) is 13.5. The second kappa shape index (κ2) is 5.50. The number of pyridine rings is 1. The Morgan fingerprint density at radius 2 is 1.91 bits per heavy atom. The van der Waals surface area contributed by atoms with E-state index < -0.39 is 0 Å². The van der Waals surface area contributed by atoms with Crippen LogP contribution < -0.4 is 0 Å². The van der Waals surface area contributed by atoms with Gasteiger partial charge in [0.1, 0.15) is 11.2 Å². The van der Waals surface area contributed by atoms with E-state index in [2.05, 4.69) is 9.97 Å². The monoisotopic (exact) mass is 349 g/mol. The van der Waals surface area contributed by atoms with Crippen LogP contribution in [-0.4, -0.2) is 14.4 Å². The summed E-state index contributed by atoms with van der Waals surface area (Å²) in [5, 5.41) is 1.93. The van der Waals surface area contributed by atoms with Gasteiger partial charge in [-0.05, 0) is 30.3 Å². The van der Waals surface area contributed by atoms with Crippen molar-refractivity contribution in [2.45, 2.75) is 11.0 Å². The number of thioether (sulfide) groups is 1. The van der Waals surface area contributed by atoms with Crippen LogP contribution in [0.3, 0.4) is 0 Å². The van der Waals surface area contributed by atoms with Gasteiger partial charge in [-0.3, -0.25) is 0 Å². The largest absolute Gasteiger partial charge is 0.431 e. The molecule has 4 aromatic rings. The number of benzene rings is 1. The van der Waals surface area contributed by atoms with Gasteiger partial charge >= 0.3 is 0 Å². The number of imidazole rings is 1. The second-order valence-corrected chi connectivity index (χ2v) is 6.52. The molecule has 0 aliphatic rings. The lowest BCUT2D eigenvalue weighted by atomic mass is 10.3. The Bertz CT molecular complexity index is 899. The van der Waals surface area contributed by atoms with Crippen LogP contribution in [0, 0.1) is 0 Å². The molecule has 0 aliphatic carbocycles. The molecular formula is C15H9Cl2N3OS. The summed E-state index contributed by atoms with van der Waals surface area (Å²) < 4.78 is 7.58. The van der Waals surface area contributed by atoms with E-state index in [1.165, 1.54) is 11.8 Å². The van der Waals surface area contributed by atoms with E-state index in [4.69, 9.17) is 27.6 Å². The normalized spacial score (nSPS) is 11.5. The first-order valence-corrected chi connectivity index (χ1v) is 8.23. The lowest BCUT2D eigenvalue weighted by Crippen LogP contribution is -1.79. The first-order valence-electron chi connectivity index (χ1n) is 6.49. The number of halogens is 2. The number of oxazole rings is 1. The lowest BCUT2D eigenvalue weighted by Gasteiger charge is -1.91. The Balaban J connectivity index is 1.56. The molecule has 0 saturated heterocycles. The third-order valence-corrected chi connectivity index (χ3v) is 4.46. The minimum absolute atomic E-state index is 0.604. The second-order valence-electron chi connectivity index (χ2n) is 4.73. The van der Waals surface area contributed by atoms with Crippen LogP contribution in [0.1, 0.15) is 5.69 Å². The van der Waals surface area contributed by atoms with E-state index in [1.54, 1.807) is 12.1 Å². The minimum Gasteiger partial charge on any atom is -0.431 e. The minimum atomic E-state index is 0.604. The lowest BCUT2D eigenvalue weighted by molar-refractivity contribution is 0.489. The highest BCUT2D eigenvalue weighted by Gasteiger charge is 2.09. The quantitative estimate of drug-likeness (QED) is 0.484. The SMILES string of the molecule is Clc1ccc2oc(SCc3cn4cc(Cl)ccc4n3)nc2c1. The highest BCUT2D eigenvalue weighted by Crippen LogP contribution is 2.27. The van der Waals surface area contributed by atoms with E-state index in [9.17, 15) is 0 Å². The smallest absolute Gasteiger partial charge is 0.257 e. The van der Waals surface area contributed by atoms with Crippen molar-refractivity contribution in [2.24, 2.45) is 0 Å². The molecule has 0 spiro atoms. The number of rotatable bonds is 3. The maximum absolute atomic E-state index is 5.97. The fraction of sp³-hybridized carbons (Fsp3) is 0.0667. The van der Waals surface area contributed by atoms with Crippen LogP contribution in [0.4, 0.5) is 0 Å². The molecule has 0 aliphatic heterocycles. The molecule has 3 heterocycles. The molecule has 0 radical (unpaired) electrons. The molecule has 4 nitrogen and oxygen atoms in total. The Kier molecular flexibility index (Phi) is 3.48. The molecule has 0 fully saturated rings. The van der Waals surface area contributed by atoms with E-state index in [0.717, 1.165) is 22.4 Å². The summed E-state index contributed by atoms with van der Waals surface area (Å²) >= 11 is 13.4. The Morgan fingerprint density at radius 3 is 2.82 bits per heavy atom. The Morgan fingerprint density at radius 1 is 1.05 bits per heavy atom. The third kappa shape index (κ3) is 2.67. The molecule has 7 heteroatoms. The van der Waals surface area contributed by atoms with Crippen LogP contribution >= 0.6 is 35.0 Å². The number of hydrogen-bond acceptors (Lipinski definition) is 4. The molecule has 0 bridgehead atoms. The summed E-state index contributed by atoms with van der Waals surface area (Å²) in [5.41, 5.74) is 3.29. The van der Waals surface area contributed by atoms with Crippen molar-refractivity contribution in [3.63, 3.8) is 0 Å². The standard InChI is InChI=1S/C15H9Cl2N3OS/c16-9-1-3-13-12(5-9)19-15(21-13)22-8-11-7-20-6-10(17)2-4-14(20)18-11/h1-7H,8H2. The summed E-state index contributed by atoms with van der Waals surface area (Å²) in [5.74, 6) is 0.667. The Labute approximate surface area is 140 Å². The van der Waals surface area contributed by atoms with Crippen molar-refractivity contribution < 1.29 is 4.42 Å². The van der Waals surface area contributed by atoms with E-state index in [0.29, 0.717) is 21.0 Å². The molecule has 0 N–H and O–H groups in total. The molecule has 0 unspecified atom stereocenters. The summed E-state index contributed by atoms with van der Waals surface area (Å²) in [4.78, 5) is 8.94. The van der Waals surface area contributed by atoms with Crippen LogP contribution in [0.5, 0.6) is 0 Å². The zero-order chi connectivity index (χ0) is 15.1. The maximum atomic E-state index is 5.97. The zero-order valence-electron chi connectivity index (χ0n) is 11.2. The molecule has 0 amide bonds. The van der Waals surface area contributed by atoms with Gasteiger partial charge in [0.2, 0.25) is 0 Å². The fourth-order valence-corrected chi connectivity index (χ4v) is 3.22. The fourth-order valence-electron chi connectivity index (χ4n) is 2.16. The molecule has 22 heavy (non-hydrogen) atoms. The predicted octanol–water partition coefficient (Wildman–Crippen LogP) is 5.07. The summed E-state index contributed by atoms with van der Waals surface area (Å²) in [7, 11) is 0. The molecule has 0 atom stereocenters. The first kappa shape index (κ1) is 13.9. The van der Waals surface area contributed by atoms with Crippen molar-refractivity contribution >= 4 is 51.7 Å². The van der Waals surface area contributed by atoms with Crippen LogP contribution in [0.25, 0.3) is 16.7 Å². The van der Waals surface area contributed by atoms with Gasteiger partial charge in [-0.25, -0.2) is 9.97 Å². The highest BCUT2D eigenvalue weighted by atomic mass is 35.5.